The van der Waals surface area contributed by atoms with Gasteiger partial charge in [0.05, 0.1) is 10.7 Å². The first-order valence-corrected chi connectivity index (χ1v) is 6.88. The van der Waals surface area contributed by atoms with Crippen LogP contribution in [0.15, 0.2) is 0 Å². The number of thiazole rings is 1. The predicted octanol–water partition coefficient (Wildman–Crippen LogP) is 2.86. The zero-order chi connectivity index (χ0) is 14.5. The zero-order valence-electron chi connectivity index (χ0n) is 11.3. The van der Waals surface area contributed by atoms with Gasteiger partial charge in [-0.3, -0.25) is 0 Å². The van der Waals surface area contributed by atoms with Crippen molar-refractivity contribution in [2.45, 2.75) is 38.9 Å². The minimum Gasteiger partial charge on any atom is -0.372 e. The molecule has 1 atom stereocenters. The van der Waals surface area contributed by atoms with Gasteiger partial charge < -0.3 is 10.1 Å². The van der Waals surface area contributed by atoms with Crippen LogP contribution in [0.4, 0.5) is 13.2 Å². The second-order valence-corrected chi connectivity index (χ2v) is 5.68. The van der Waals surface area contributed by atoms with Gasteiger partial charge in [0.1, 0.15) is 6.61 Å². The molecule has 0 saturated carbocycles. The molecule has 1 aromatic heterocycles. The number of rotatable bonds is 7. The number of ether oxygens (including phenoxy) is 1. The molecule has 0 aliphatic carbocycles. The smallest absolute Gasteiger partial charge is 0.372 e. The Morgan fingerprint density at radius 3 is 2.53 bits per heavy atom. The average Bonchev–Trinajstić information content (AvgIpc) is 2.61. The highest BCUT2D eigenvalue weighted by molar-refractivity contribution is 7.11. The lowest BCUT2D eigenvalue weighted by atomic mass is 10.1. The summed E-state index contributed by atoms with van der Waals surface area (Å²) in [5.41, 5.74) is 1.02. The van der Waals surface area contributed by atoms with Gasteiger partial charge in [-0.05, 0) is 27.3 Å². The molecule has 0 aliphatic rings. The van der Waals surface area contributed by atoms with E-state index in [4.69, 9.17) is 0 Å². The number of aromatic nitrogens is 1. The van der Waals surface area contributed by atoms with Crippen LogP contribution in [-0.4, -0.2) is 37.5 Å². The second kappa shape index (κ2) is 7.21. The van der Waals surface area contributed by atoms with Crippen molar-refractivity contribution in [3.05, 3.63) is 15.6 Å². The Balaban J connectivity index is 2.33. The van der Waals surface area contributed by atoms with Crippen molar-refractivity contribution in [3.8, 4) is 0 Å². The van der Waals surface area contributed by atoms with Crippen LogP contribution in [-0.2, 0) is 11.2 Å². The molecule has 0 aliphatic heterocycles. The SMILES string of the molecule is CNC(CCOCC(F)(F)F)Cc1nc(C)c(C)s1. The summed E-state index contributed by atoms with van der Waals surface area (Å²) in [5.74, 6) is 0. The first-order valence-electron chi connectivity index (χ1n) is 6.06. The lowest BCUT2D eigenvalue weighted by Crippen LogP contribution is -2.29. The van der Waals surface area contributed by atoms with E-state index in [0.717, 1.165) is 10.7 Å². The maximum atomic E-state index is 11.9. The average molecular weight is 296 g/mol. The summed E-state index contributed by atoms with van der Waals surface area (Å²) >= 11 is 1.63. The first kappa shape index (κ1) is 16.4. The lowest BCUT2D eigenvalue weighted by molar-refractivity contribution is -0.174. The normalized spacial score (nSPS) is 13.8. The van der Waals surface area contributed by atoms with Crippen molar-refractivity contribution >= 4 is 11.3 Å². The molecule has 0 spiro atoms. The second-order valence-electron chi connectivity index (χ2n) is 4.40. The van der Waals surface area contributed by atoms with E-state index in [2.05, 4.69) is 15.0 Å². The molecular weight excluding hydrogens is 277 g/mol. The molecule has 0 aromatic carbocycles. The summed E-state index contributed by atoms with van der Waals surface area (Å²) in [5, 5.41) is 4.09. The van der Waals surface area contributed by atoms with Gasteiger partial charge in [0.15, 0.2) is 0 Å². The van der Waals surface area contributed by atoms with Crippen LogP contribution in [0, 0.1) is 13.8 Å². The summed E-state index contributed by atoms with van der Waals surface area (Å²) in [6.07, 6.45) is -3.01. The van der Waals surface area contributed by atoms with Crippen LogP contribution < -0.4 is 5.32 Å². The van der Waals surface area contributed by atoms with Gasteiger partial charge in [-0.1, -0.05) is 0 Å². The number of likely N-dealkylation sites (N-methyl/N-ethyl adjacent to an activating group) is 1. The van der Waals surface area contributed by atoms with E-state index in [9.17, 15) is 13.2 Å². The van der Waals surface area contributed by atoms with Crippen molar-refractivity contribution in [2.75, 3.05) is 20.3 Å². The Kier molecular flexibility index (Phi) is 6.22. The van der Waals surface area contributed by atoms with Gasteiger partial charge in [-0.2, -0.15) is 13.2 Å². The van der Waals surface area contributed by atoms with Crippen molar-refractivity contribution in [2.24, 2.45) is 0 Å². The van der Waals surface area contributed by atoms with Crippen molar-refractivity contribution < 1.29 is 17.9 Å². The quantitative estimate of drug-likeness (QED) is 0.786. The third kappa shape index (κ3) is 6.35. The highest BCUT2D eigenvalue weighted by Gasteiger charge is 2.27. The number of aryl methyl sites for hydroxylation is 2. The lowest BCUT2D eigenvalue weighted by Gasteiger charge is -2.15. The van der Waals surface area contributed by atoms with E-state index >= 15 is 0 Å². The van der Waals surface area contributed by atoms with Crippen molar-refractivity contribution in [1.82, 2.24) is 10.3 Å². The Labute approximate surface area is 115 Å². The molecule has 1 unspecified atom stereocenters. The monoisotopic (exact) mass is 296 g/mol. The van der Waals surface area contributed by atoms with Crippen LogP contribution in [0.5, 0.6) is 0 Å². The largest absolute Gasteiger partial charge is 0.411 e. The van der Waals surface area contributed by atoms with Crippen molar-refractivity contribution in [3.63, 3.8) is 0 Å². The fourth-order valence-electron chi connectivity index (χ4n) is 1.60. The third-order valence-corrected chi connectivity index (χ3v) is 3.87. The summed E-state index contributed by atoms with van der Waals surface area (Å²) in [6.45, 7) is 2.88. The molecular formula is C12H19F3N2OS. The number of nitrogens with zero attached hydrogens (tertiary/aromatic N) is 1. The molecule has 1 N–H and O–H groups in total. The Bertz CT molecular complexity index is 373. The fraction of sp³-hybridized carbons (Fsp3) is 0.750. The van der Waals surface area contributed by atoms with Crippen molar-refractivity contribution in [1.29, 1.82) is 0 Å². The molecule has 19 heavy (non-hydrogen) atoms. The van der Waals surface area contributed by atoms with Crippen LogP contribution in [0.1, 0.15) is 22.0 Å². The summed E-state index contributed by atoms with van der Waals surface area (Å²) in [4.78, 5) is 5.60. The molecule has 1 aromatic rings. The van der Waals surface area contributed by atoms with E-state index in [1.807, 2.05) is 13.8 Å². The molecule has 0 bridgehead atoms. The minimum absolute atomic E-state index is 0.0817. The van der Waals surface area contributed by atoms with Gasteiger partial charge >= 0.3 is 6.18 Å². The maximum Gasteiger partial charge on any atom is 0.411 e. The summed E-state index contributed by atoms with van der Waals surface area (Å²) in [6, 6.07) is 0.0817. The van der Waals surface area contributed by atoms with E-state index in [0.29, 0.717) is 12.8 Å². The Morgan fingerprint density at radius 1 is 1.37 bits per heavy atom. The third-order valence-electron chi connectivity index (χ3n) is 2.78. The molecule has 0 fully saturated rings. The summed E-state index contributed by atoms with van der Waals surface area (Å²) in [7, 11) is 1.79. The number of hydrogen-bond acceptors (Lipinski definition) is 4. The summed E-state index contributed by atoms with van der Waals surface area (Å²) < 4.78 is 40.3. The molecule has 7 heteroatoms. The van der Waals surface area contributed by atoms with E-state index in [1.54, 1.807) is 18.4 Å². The van der Waals surface area contributed by atoms with Crippen LogP contribution in [0.25, 0.3) is 0 Å². The topological polar surface area (TPSA) is 34.1 Å². The van der Waals surface area contributed by atoms with Gasteiger partial charge in [0.25, 0.3) is 0 Å². The van der Waals surface area contributed by atoms with Crippen LogP contribution in [0.2, 0.25) is 0 Å². The van der Waals surface area contributed by atoms with Crippen LogP contribution in [0.3, 0.4) is 0 Å². The highest BCUT2D eigenvalue weighted by Crippen LogP contribution is 2.19. The number of alkyl halides is 3. The molecule has 0 radical (unpaired) electrons. The molecule has 1 heterocycles. The highest BCUT2D eigenvalue weighted by atomic mass is 32.1. The van der Waals surface area contributed by atoms with Gasteiger partial charge in [0, 0.05) is 23.9 Å². The zero-order valence-corrected chi connectivity index (χ0v) is 12.1. The predicted molar refractivity (Wildman–Crippen MR) is 69.6 cm³/mol. The number of hydrogen-bond donors (Lipinski definition) is 1. The van der Waals surface area contributed by atoms with E-state index in [1.165, 1.54) is 4.88 Å². The molecule has 0 saturated heterocycles. The minimum atomic E-state index is -4.25. The standard InChI is InChI=1S/C12H19F3N2OS/c1-8-9(2)19-11(17-8)6-10(16-3)4-5-18-7-12(13,14)15/h10,16H,4-7H2,1-3H3. The first-order chi connectivity index (χ1) is 8.81. The van der Waals surface area contributed by atoms with Gasteiger partial charge in [-0.15, -0.1) is 11.3 Å². The van der Waals surface area contributed by atoms with E-state index in [-0.39, 0.29) is 12.6 Å². The number of nitrogens with one attached hydrogen (secondary N) is 1. The maximum absolute atomic E-state index is 11.9. The van der Waals surface area contributed by atoms with E-state index < -0.39 is 12.8 Å². The number of halogens is 3. The fourth-order valence-corrected chi connectivity index (χ4v) is 2.61. The molecule has 3 nitrogen and oxygen atoms in total. The molecule has 1 rings (SSSR count). The van der Waals surface area contributed by atoms with Gasteiger partial charge in [-0.25, -0.2) is 4.98 Å². The van der Waals surface area contributed by atoms with Crippen LogP contribution >= 0.6 is 11.3 Å². The molecule has 0 amide bonds. The molecule has 110 valence electrons. The Morgan fingerprint density at radius 2 is 2.05 bits per heavy atom. The Hall–Kier alpha value is -0.660. The van der Waals surface area contributed by atoms with Gasteiger partial charge in [0.2, 0.25) is 0 Å².